The molecule has 1 N–H and O–H groups in total. The van der Waals surface area contributed by atoms with Crippen molar-refractivity contribution in [3.63, 3.8) is 0 Å². The molecule has 0 radical (unpaired) electrons. The van der Waals surface area contributed by atoms with Crippen LogP contribution in [0.3, 0.4) is 0 Å². The Morgan fingerprint density at radius 1 is 1.48 bits per heavy atom. The number of aliphatic carboxylic acids is 1. The van der Waals surface area contributed by atoms with Crippen LogP contribution in [0.2, 0.25) is 0 Å². The third-order valence-electron chi connectivity index (χ3n) is 2.94. The topological polar surface area (TPSA) is 93.8 Å². The highest BCUT2D eigenvalue weighted by Gasteiger charge is 2.18. The van der Waals surface area contributed by atoms with Gasteiger partial charge in [0.2, 0.25) is 0 Å². The summed E-state index contributed by atoms with van der Waals surface area (Å²) in [6.45, 7) is 1.11. The molecule has 0 fully saturated rings. The van der Waals surface area contributed by atoms with Gasteiger partial charge < -0.3 is 14.3 Å². The van der Waals surface area contributed by atoms with E-state index in [1.54, 1.807) is 12.1 Å². The molecule has 0 saturated heterocycles. The van der Waals surface area contributed by atoms with Crippen LogP contribution in [0, 0.1) is 5.92 Å². The highest BCUT2D eigenvalue weighted by molar-refractivity contribution is 6.06. The van der Waals surface area contributed by atoms with Crippen LogP contribution in [0.5, 0.6) is 0 Å². The first-order chi connectivity index (χ1) is 10.0. The van der Waals surface area contributed by atoms with Gasteiger partial charge >= 0.3 is 11.9 Å². The SMILES string of the molecule is CC(=O)OCC(CCCC=C(C=O)c1ccoc1)C(=O)O. The summed E-state index contributed by atoms with van der Waals surface area (Å²) in [5.74, 6) is -2.22. The molecule has 1 atom stereocenters. The van der Waals surface area contributed by atoms with Crippen LogP contribution in [0.25, 0.3) is 5.57 Å². The van der Waals surface area contributed by atoms with Crippen molar-refractivity contribution >= 4 is 23.8 Å². The molecule has 1 rings (SSSR count). The average molecular weight is 294 g/mol. The summed E-state index contributed by atoms with van der Waals surface area (Å²) >= 11 is 0. The van der Waals surface area contributed by atoms with Gasteiger partial charge in [-0.1, -0.05) is 6.08 Å². The van der Waals surface area contributed by atoms with Gasteiger partial charge in [0, 0.05) is 18.1 Å². The summed E-state index contributed by atoms with van der Waals surface area (Å²) in [6.07, 6.45) is 6.93. The molecule has 21 heavy (non-hydrogen) atoms. The Bertz CT molecular complexity index is 500. The maximum atomic E-state index is 11.0. The largest absolute Gasteiger partial charge is 0.481 e. The second-order valence-corrected chi connectivity index (χ2v) is 4.56. The third kappa shape index (κ3) is 6.07. The van der Waals surface area contributed by atoms with E-state index in [1.807, 2.05) is 0 Å². The predicted octanol–water partition coefficient (Wildman–Crippen LogP) is 2.30. The van der Waals surface area contributed by atoms with Crippen LogP contribution >= 0.6 is 0 Å². The van der Waals surface area contributed by atoms with Crippen LogP contribution in [0.1, 0.15) is 31.7 Å². The Balaban J connectivity index is 2.44. The van der Waals surface area contributed by atoms with Crippen LogP contribution in [-0.4, -0.2) is 29.9 Å². The van der Waals surface area contributed by atoms with Crippen molar-refractivity contribution in [2.45, 2.75) is 26.2 Å². The van der Waals surface area contributed by atoms with Crippen molar-refractivity contribution in [1.29, 1.82) is 0 Å². The lowest BCUT2D eigenvalue weighted by Crippen LogP contribution is -2.21. The number of esters is 1. The molecule has 0 aliphatic rings. The monoisotopic (exact) mass is 294 g/mol. The van der Waals surface area contributed by atoms with Crippen molar-refractivity contribution in [2.75, 3.05) is 6.61 Å². The van der Waals surface area contributed by atoms with Crippen LogP contribution in [0.15, 0.2) is 29.1 Å². The standard InChI is InChI=1S/C15H18O6/c1-11(17)21-10-14(15(18)19)5-3-2-4-12(8-16)13-6-7-20-9-13/h4,6-9,14H,2-3,5,10H2,1H3,(H,18,19). The van der Waals surface area contributed by atoms with Crippen LogP contribution in [0.4, 0.5) is 0 Å². The molecule has 1 aromatic rings. The number of unbranched alkanes of at least 4 members (excludes halogenated alkanes) is 1. The van der Waals surface area contributed by atoms with Gasteiger partial charge in [-0.3, -0.25) is 14.4 Å². The lowest BCUT2D eigenvalue weighted by molar-refractivity contribution is -0.149. The molecule has 0 aliphatic heterocycles. The number of carbonyl (C=O) groups is 3. The highest BCUT2D eigenvalue weighted by atomic mass is 16.5. The molecule has 0 amide bonds. The van der Waals surface area contributed by atoms with Gasteiger partial charge in [-0.05, 0) is 25.3 Å². The number of allylic oxidation sites excluding steroid dienone is 2. The summed E-state index contributed by atoms with van der Waals surface area (Å²) in [5, 5.41) is 9.02. The van der Waals surface area contributed by atoms with E-state index in [9.17, 15) is 14.4 Å². The van der Waals surface area contributed by atoms with E-state index in [0.717, 1.165) is 6.29 Å². The van der Waals surface area contributed by atoms with E-state index in [4.69, 9.17) is 14.3 Å². The molecule has 1 heterocycles. The third-order valence-corrected chi connectivity index (χ3v) is 2.94. The van der Waals surface area contributed by atoms with E-state index in [-0.39, 0.29) is 6.61 Å². The van der Waals surface area contributed by atoms with Gasteiger partial charge in [0.1, 0.15) is 12.9 Å². The maximum absolute atomic E-state index is 11.0. The highest BCUT2D eigenvalue weighted by Crippen LogP contribution is 2.16. The first-order valence-electron chi connectivity index (χ1n) is 6.58. The van der Waals surface area contributed by atoms with Gasteiger partial charge in [0.15, 0.2) is 0 Å². The molecule has 0 bridgehead atoms. The Morgan fingerprint density at radius 2 is 2.24 bits per heavy atom. The number of rotatable bonds is 9. The number of aldehydes is 1. The molecule has 0 aromatic carbocycles. The van der Waals surface area contributed by atoms with E-state index >= 15 is 0 Å². The quantitative estimate of drug-likeness (QED) is 0.325. The number of carbonyl (C=O) groups excluding carboxylic acids is 2. The van der Waals surface area contributed by atoms with Gasteiger partial charge in [-0.2, -0.15) is 0 Å². The second-order valence-electron chi connectivity index (χ2n) is 4.56. The Morgan fingerprint density at radius 3 is 2.76 bits per heavy atom. The molecular weight excluding hydrogens is 276 g/mol. The minimum absolute atomic E-state index is 0.128. The lowest BCUT2D eigenvalue weighted by Gasteiger charge is -2.11. The average Bonchev–Trinajstić information content (AvgIpc) is 2.95. The molecule has 0 aliphatic carbocycles. The van der Waals surface area contributed by atoms with E-state index in [2.05, 4.69) is 0 Å². The Labute approximate surface area is 122 Å². The first-order valence-corrected chi connectivity index (χ1v) is 6.58. The summed E-state index contributed by atoms with van der Waals surface area (Å²) in [5.41, 5.74) is 1.20. The predicted molar refractivity (Wildman–Crippen MR) is 74.4 cm³/mol. The Kier molecular flexibility index (Phi) is 6.94. The fourth-order valence-electron chi connectivity index (χ4n) is 1.78. The number of carboxylic acids is 1. The molecule has 0 saturated carbocycles. The molecule has 6 nitrogen and oxygen atoms in total. The fourth-order valence-corrected chi connectivity index (χ4v) is 1.78. The molecule has 1 unspecified atom stereocenters. The molecule has 114 valence electrons. The number of carboxylic acid groups (broad SMARTS) is 1. The van der Waals surface area contributed by atoms with Gasteiger partial charge in [0.25, 0.3) is 0 Å². The van der Waals surface area contributed by atoms with Gasteiger partial charge in [0.05, 0.1) is 18.4 Å². The number of ether oxygens (including phenoxy) is 1. The van der Waals surface area contributed by atoms with E-state index in [1.165, 1.54) is 19.5 Å². The molecule has 0 spiro atoms. The first kappa shape index (κ1) is 16.7. The minimum Gasteiger partial charge on any atom is -0.481 e. The van der Waals surface area contributed by atoms with E-state index < -0.39 is 17.9 Å². The summed E-state index contributed by atoms with van der Waals surface area (Å²) < 4.78 is 9.62. The van der Waals surface area contributed by atoms with Crippen molar-refractivity contribution in [3.8, 4) is 0 Å². The second kappa shape index (κ2) is 8.73. The van der Waals surface area contributed by atoms with Gasteiger partial charge in [-0.25, -0.2) is 0 Å². The lowest BCUT2D eigenvalue weighted by atomic mass is 10.0. The summed E-state index contributed by atoms with van der Waals surface area (Å²) in [6, 6.07) is 1.68. The van der Waals surface area contributed by atoms with Crippen molar-refractivity contribution in [1.82, 2.24) is 0 Å². The zero-order valence-electron chi connectivity index (χ0n) is 11.8. The van der Waals surface area contributed by atoms with Gasteiger partial charge in [-0.15, -0.1) is 0 Å². The molecule has 6 heteroatoms. The van der Waals surface area contributed by atoms with Crippen molar-refractivity contribution in [3.05, 3.63) is 30.2 Å². The van der Waals surface area contributed by atoms with Crippen molar-refractivity contribution < 1.29 is 28.6 Å². The molecular formula is C15H18O6. The van der Waals surface area contributed by atoms with Crippen LogP contribution in [-0.2, 0) is 19.1 Å². The smallest absolute Gasteiger partial charge is 0.309 e. The number of hydrogen-bond acceptors (Lipinski definition) is 5. The normalized spacial score (nSPS) is 12.7. The fraction of sp³-hybridized carbons (Fsp3) is 0.400. The van der Waals surface area contributed by atoms with Crippen LogP contribution < -0.4 is 0 Å². The number of hydrogen-bond donors (Lipinski definition) is 1. The zero-order valence-corrected chi connectivity index (χ0v) is 11.8. The zero-order chi connectivity index (χ0) is 15.7. The van der Waals surface area contributed by atoms with Crippen molar-refractivity contribution in [2.24, 2.45) is 5.92 Å². The Hall–Kier alpha value is -2.37. The minimum atomic E-state index is -0.995. The maximum Gasteiger partial charge on any atom is 0.309 e. The van der Waals surface area contributed by atoms with E-state index in [0.29, 0.717) is 30.4 Å². The summed E-state index contributed by atoms with van der Waals surface area (Å²) in [7, 11) is 0. The molecule has 1 aromatic heterocycles. The number of furan rings is 1. The summed E-state index contributed by atoms with van der Waals surface area (Å²) in [4.78, 5) is 32.7.